The highest BCUT2D eigenvalue weighted by molar-refractivity contribution is 6.31. The summed E-state index contributed by atoms with van der Waals surface area (Å²) in [7, 11) is 0. The number of nitrogens with one attached hydrogen (secondary N) is 1. The fraction of sp³-hybridized carbons (Fsp3) is 0.188. The first-order valence-corrected chi connectivity index (χ1v) is 6.76. The van der Waals surface area contributed by atoms with E-state index >= 15 is 0 Å². The van der Waals surface area contributed by atoms with Crippen LogP contribution in [0.1, 0.15) is 34.5 Å². The van der Waals surface area contributed by atoms with Gasteiger partial charge in [-0.05, 0) is 36.2 Å². The third kappa shape index (κ3) is 3.59. The summed E-state index contributed by atoms with van der Waals surface area (Å²) in [6.45, 7) is 2.71. The van der Waals surface area contributed by atoms with Crippen molar-refractivity contribution in [3.8, 4) is 0 Å². The van der Waals surface area contributed by atoms with Gasteiger partial charge in [-0.25, -0.2) is 4.79 Å². The lowest BCUT2D eigenvalue weighted by atomic mass is 10.1. The molecule has 0 saturated carbocycles. The number of hydrogen-bond acceptors (Lipinski definition) is 2. The monoisotopic (exact) mass is 289 g/mol. The minimum absolute atomic E-state index is 0.128. The minimum Gasteiger partial charge on any atom is -0.478 e. The van der Waals surface area contributed by atoms with Gasteiger partial charge in [0, 0.05) is 17.6 Å². The van der Waals surface area contributed by atoms with Crippen molar-refractivity contribution in [1.82, 2.24) is 5.32 Å². The summed E-state index contributed by atoms with van der Waals surface area (Å²) in [5.41, 5.74) is 2.39. The van der Waals surface area contributed by atoms with Gasteiger partial charge in [-0.3, -0.25) is 0 Å². The fourth-order valence-corrected chi connectivity index (χ4v) is 2.27. The van der Waals surface area contributed by atoms with Crippen LogP contribution in [-0.2, 0) is 6.54 Å². The smallest absolute Gasteiger partial charge is 0.335 e. The van der Waals surface area contributed by atoms with E-state index in [1.807, 2.05) is 43.3 Å². The van der Waals surface area contributed by atoms with E-state index in [9.17, 15) is 4.79 Å². The number of carboxylic acids is 1. The zero-order valence-electron chi connectivity index (χ0n) is 11.1. The zero-order valence-corrected chi connectivity index (χ0v) is 11.9. The number of carbonyl (C=O) groups is 1. The van der Waals surface area contributed by atoms with Crippen molar-refractivity contribution in [2.24, 2.45) is 0 Å². The van der Waals surface area contributed by atoms with Crippen LogP contribution in [0.4, 0.5) is 0 Å². The van der Waals surface area contributed by atoms with Crippen molar-refractivity contribution < 1.29 is 9.90 Å². The molecule has 0 aliphatic carbocycles. The van der Waals surface area contributed by atoms with Crippen molar-refractivity contribution in [3.63, 3.8) is 0 Å². The Balaban J connectivity index is 1.98. The highest BCUT2D eigenvalue weighted by Crippen LogP contribution is 2.22. The van der Waals surface area contributed by atoms with Gasteiger partial charge in [0.2, 0.25) is 0 Å². The summed E-state index contributed by atoms with van der Waals surface area (Å²) in [5, 5.41) is 13.0. The predicted octanol–water partition coefficient (Wildman–Crippen LogP) is 3.89. The van der Waals surface area contributed by atoms with Crippen molar-refractivity contribution in [3.05, 3.63) is 70.2 Å². The van der Waals surface area contributed by atoms with E-state index in [1.54, 1.807) is 12.1 Å². The van der Waals surface area contributed by atoms with Crippen LogP contribution in [0.15, 0.2) is 48.5 Å². The van der Waals surface area contributed by atoms with E-state index in [0.29, 0.717) is 12.1 Å². The highest BCUT2D eigenvalue weighted by Gasteiger charge is 2.08. The normalized spacial score (nSPS) is 12.1. The molecule has 2 aromatic carbocycles. The molecule has 20 heavy (non-hydrogen) atoms. The molecule has 3 nitrogen and oxygen atoms in total. The Kier molecular flexibility index (Phi) is 4.77. The summed E-state index contributed by atoms with van der Waals surface area (Å²) in [6, 6.07) is 14.7. The number of halogens is 1. The maximum atomic E-state index is 10.8. The number of rotatable bonds is 5. The molecule has 1 atom stereocenters. The summed E-state index contributed by atoms with van der Waals surface area (Å²) in [5.74, 6) is -0.908. The van der Waals surface area contributed by atoms with Crippen molar-refractivity contribution in [2.75, 3.05) is 0 Å². The van der Waals surface area contributed by atoms with Gasteiger partial charge in [0.25, 0.3) is 0 Å². The third-order valence-electron chi connectivity index (χ3n) is 3.18. The largest absolute Gasteiger partial charge is 0.478 e. The molecule has 0 aliphatic heterocycles. The lowest BCUT2D eigenvalue weighted by Gasteiger charge is -2.15. The third-order valence-corrected chi connectivity index (χ3v) is 3.53. The average molecular weight is 290 g/mol. The molecule has 4 heteroatoms. The molecule has 0 saturated heterocycles. The van der Waals surface area contributed by atoms with E-state index in [1.165, 1.54) is 0 Å². The maximum absolute atomic E-state index is 10.8. The number of benzene rings is 2. The van der Waals surface area contributed by atoms with Crippen LogP contribution in [-0.4, -0.2) is 11.1 Å². The van der Waals surface area contributed by atoms with E-state index < -0.39 is 5.97 Å². The van der Waals surface area contributed by atoms with Crippen molar-refractivity contribution in [2.45, 2.75) is 19.5 Å². The number of carboxylic acid groups (broad SMARTS) is 1. The molecular formula is C16H16ClNO2. The summed E-state index contributed by atoms with van der Waals surface area (Å²) in [4.78, 5) is 10.8. The Bertz CT molecular complexity index is 596. The van der Waals surface area contributed by atoms with E-state index in [-0.39, 0.29) is 6.04 Å². The maximum Gasteiger partial charge on any atom is 0.335 e. The molecule has 0 spiro atoms. The van der Waals surface area contributed by atoms with Gasteiger partial charge in [-0.1, -0.05) is 41.9 Å². The molecule has 2 N–H and O–H groups in total. The van der Waals surface area contributed by atoms with Crippen LogP contribution in [0, 0.1) is 0 Å². The molecule has 0 bridgehead atoms. The summed E-state index contributed by atoms with van der Waals surface area (Å²) < 4.78 is 0. The van der Waals surface area contributed by atoms with E-state index in [0.717, 1.165) is 16.1 Å². The van der Waals surface area contributed by atoms with E-state index in [4.69, 9.17) is 16.7 Å². The van der Waals surface area contributed by atoms with Crippen LogP contribution in [0.5, 0.6) is 0 Å². The second-order valence-corrected chi connectivity index (χ2v) is 5.03. The molecule has 0 amide bonds. The van der Waals surface area contributed by atoms with Gasteiger partial charge in [0.1, 0.15) is 0 Å². The van der Waals surface area contributed by atoms with Gasteiger partial charge in [0.15, 0.2) is 0 Å². The molecule has 2 rings (SSSR count). The van der Waals surface area contributed by atoms with E-state index in [2.05, 4.69) is 5.32 Å². The fourth-order valence-electron chi connectivity index (χ4n) is 1.97. The predicted molar refractivity (Wildman–Crippen MR) is 80.1 cm³/mol. The zero-order chi connectivity index (χ0) is 14.5. The second-order valence-electron chi connectivity index (χ2n) is 4.63. The Morgan fingerprint density at radius 2 is 1.85 bits per heavy atom. The van der Waals surface area contributed by atoms with Gasteiger partial charge in [-0.2, -0.15) is 0 Å². The SMILES string of the molecule is C[C@H](NCc1ccc(C(=O)O)cc1)c1ccccc1Cl. The van der Waals surface area contributed by atoms with Crippen LogP contribution in [0.3, 0.4) is 0 Å². The Morgan fingerprint density at radius 1 is 1.20 bits per heavy atom. The molecule has 0 fully saturated rings. The summed E-state index contributed by atoms with van der Waals surface area (Å²) >= 11 is 6.15. The molecule has 0 aromatic heterocycles. The molecule has 2 aromatic rings. The molecule has 0 heterocycles. The van der Waals surface area contributed by atoms with Crippen LogP contribution < -0.4 is 5.32 Å². The van der Waals surface area contributed by atoms with Crippen molar-refractivity contribution in [1.29, 1.82) is 0 Å². The first-order valence-electron chi connectivity index (χ1n) is 6.38. The number of hydrogen-bond donors (Lipinski definition) is 2. The standard InChI is InChI=1S/C16H16ClNO2/c1-11(14-4-2-3-5-15(14)17)18-10-12-6-8-13(9-7-12)16(19)20/h2-9,11,18H,10H2,1H3,(H,19,20)/t11-/m0/s1. The average Bonchev–Trinajstić information content (AvgIpc) is 2.45. The number of aromatic carboxylic acids is 1. The lowest BCUT2D eigenvalue weighted by Crippen LogP contribution is -2.18. The molecule has 0 radical (unpaired) electrons. The molecule has 0 aliphatic rings. The van der Waals surface area contributed by atoms with Crippen molar-refractivity contribution >= 4 is 17.6 Å². The van der Waals surface area contributed by atoms with Crippen LogP contribution in [0.2, 0.25) is 5.02 Å². The highest BCUT2D eigenvalue weighted by atomic mass is 35.5. The lowest BCUT2D eigenvalue weighted by molar-refractivity contribution is 0.0697. The first kappa shape index (κ1) is 14.6. The first-order chi connectivity index (χ1) is 9.58. The molecule has 0 unspecified atom stereocenters. The second kappa shape index (κ2) is 6.55. The Hall–Kier alpha value is -1.84. The molecular weight excluding hydrogens is 274 g/mol. The van der Waals surface area contributed by atoms with Gasteiger partial charge in [0.05, 0.1) is 5.56 Å². The Morgan fingerprint density at radius 3 is 2.45 bits per heavy atom. The Labute approximate surface area is 123 Å². The van der Waals surface area contributed by atoms with Gasteiger partial charge in [-0.15, -0.1) is 0 Å². The van der Waals surface area contributed by atoms with Crippen LogP contribution >= 0.6 is 11.6 Å². The quantitative estimate of drug-likeness (QED) is 0.878. The van der Waals surface area contributed by atoms with Gasteiger partial charge >= 0.3 is 5.97 Å². The topological polar surface area (TPSA) is 49.3 Å². The minimum atomic E-state index is -0.908. The summed E-state index contributed by atoms with van der Waals surface area (Å²) in [6.07, 6.45) is 0. The molecule has 104 valence electrons. The van der Waals surface area contributed by atoms with Gasteiger partial charge < -0.3 is 10.4 Å². The van der Waals surface area contributed by atoms with Crippen LogP contribution in [0.25, 0.3) is 0 Å².